The molecule has 27 heavy (non-hydrogen) atoms. The molecule has 1 N–H and O–H groups in total. The van der Waals surface area contributed by atoms with Crippen molar-refractivity contribution in [2.45, 2.75) is 26.3 Å². The van der Waals surface area contributed by atoms with E-state index in [1.165, 1.54) is 0 Å². The number of hydrogen-bond acceptors (Lipinski definition) is 3. The van der Waals surface area contributed by atoms with E-state index in [-0.39, 0.29) is 5.91 Å². The molecule has 0 aliphatic heterocycles. The molecule has 0 spiro atoms. The quantitative estimate of drug-likeness (QED) is 0.566. The van der Waals surface area contributed by atoms with Crippen molar-refractivity contribution in [3.63, 3.8) is 0 Å². The molecule has 0 atom stereocenters. The van der Waals surface area contributed by atoms with E-state index < -0.39 is 0 Å². The lowest BCUT2D eigenvalue weighted by molar-refractivity contribution is 0.0985. The molecule has 0 unspecified atom stereocenters. The second-order valence-electron chi connectivity index (χ2n) is 6.42. The fourth-order valence-electron chi connectivity index (χ4n) is 2.86. The Morgan fingerprint density at radius 3 is 2.41 bits per heavy atom. The van der Waals surface area contributed by atoms with Gasteiger partial charge >= 0.3 is 0 Å². The molecule has 4 nitrogen and oxygen atoms in total. The van der Waals surface area contributed by atoms with Crippen LogP contribution in [-0.2, 0) is 6.54 Å². The summed E-state index contributed by atoms with van der Waals surface area (Å²) in [6.07, 6.45) is 3.88. The standard InChI is InChI=1S/C23H25N3O/c1-2-3-15-24-22-17-20(14-16-25-22)23(27)26(21-12-8-5-9-13-21)18-19-10-6-4-7-11-19/h4-14,16-17H,2-3,15,18H2,1H3,(H,24,25). The van der Waals surface area contributed by atoms with E-state index in [0.717, 1.165) is 36.5 Å². The number of hydrogen-bond donors (Lipinski definition) is 1. The monoisotopic (exact) mass is 359 g/mol. The van der Waals surface area contributed by atoms with Crippen LogP contribution in [0.25, 0.3) is 0 Å². The van der Waals surface area contributed by atoms with Crippen LogP contribution in [0.1, 0.15) is 35.7 Å². The van der Waals surface area contributed by atoms with E-state index in [0.29, 0.717) is 12.1 Å². The number of unbranched alkanes of at least 4 members (excludes halogenated alkanes) is 1. The fourth-order valence-corrected chi connectivity index (χ4v) is 2.86. The van der Waals surface area contributed by atoms with Gasteiger partial charge in [-0.3, -0.25) is 4.79 Å². The van der Waals surface area contributed by atoms with Crippen molar-refractivity contribution in [2.24, 2.45) is 0 Å². The van der Waals surface area contributed by atoms with Gasteiger partial charge in [-0.2, -0.15) is 0 Å². The Labute approximate surface area is 160 Å². The Hall–Kier alpha value is -3.14. The van der Waals surface area contributed by atoms with Crippen molar-refractivity contribution in [3.8, 4) is 0 Å². The largest absolute Gasteiger partial charge is 0.370 e. The molecule has 0 fully saturated rings. The number of amides is 1. The highest BCUT2D eigenvalue weighted by Gasteiger charge is 2.18. The summed E-state index contributed by atoms with van der Waals surface area (Å²) in [5.41, 5.74) is 2.59. The smallest absolute Gasteiger partial charge is 0.258 e. The first kappa shape index (κ1) is 18.6. The highest BCUT2D eigenvalue weighted by molar-refractivity contribution is 6.06. The Bertz CT molecular complexity index is 850. The van der Waals surface area contributed by atoms with Gasteiger partial charge in [-0.1, -0.05) is 61.9 Å². The van der Waals surface area contributed by atoms with Crippen molar-refractivity contribution in [1.29, 1.82) is 0 Å². The molecule has 0 radical (unpaired) electrons. The van der Waals surface area contributed by atoms with E-state index in [1.54, 1.807) is 17.2 Å². The molecular weight excluding hydrogens is 334 g/mol. The third-order valence-corrected chi connectivity index (χ3v) is 4.34. The molecular formula is C23H25N3O. The molecule has 0 saturated carbocycles. The van der Waals surface area contributed by atoms with Crippen molar-refractivity contribution in [3.05, 3.63) is 90.1 Å². The Morgan fingerprint density at radius 2 is 1.70 bits per heavy atom. The molecule has 0 saturated heterocycles. The topological polar surface area (TPSA) is 45.2 Å². The number of carbonyl (C=O) groups excluding carboxylic acids is 1. The van der Waals surface area contributed by atoms with Crippen LogP contribution in [-0.4, -0.2) is 17.4 Å². The van der Waals surface area contributed by atoms with Crippen LogP contribution < -0.4 is 10.2 Å². The van der Waals surface area contributed by atoms with Crippen LogP contribution in [0.3, 0.4) is 0 Å². The van der Waals surface area contributed by atoms with Crippen LogP contribution in [0.2, 0.25) is 0 Å². The molecule has 3 rings (SSSR count). The van der Waals surface area contributed by atoms with Crippen molar-refractivity contribution < 1.29 is 4.79 Å². The van der Waals surface area contributed by atoms with Crippen LogP contribution in [0.5, 0.6) is 0 Å². The van der Waals surface area contributed by atoms with Gasteiger partial charge in [0.1, 0.15) is 5.82 Å². The van der Waals surface area contributed by atoms with Crippen molar-refractivity contribution in [2.75, 3.05) is 16.8 Å². The summed E-state index contributed by atoms with van der Waals surface area (Å²) < 4.78 is 0. The van der Waals surface area contributed by atoms with Gasteiger partial charge in [0.25, 0.3) is 5.91 Å². The van der Waals surface area contributed by atoms with Crippen LogP contribution in [0.4, 0.5) is 11.5 Å². The van der Waals surface area contributed by atoms with E-state index in [1.807, 2.05) is 66.7 Å². The number of carbonyl (C=O) groups is 1. The minimum absolute atomic E-state index is 0.0361. The molecule has 0 aliphatic rings. The van der Waals surface area contributed by atoms with Crippen LogP contribution in [0.15, 0.2) is 79.0 Å². The van der Waals surface area contributed by atoms with Crippen LogP contribution in [0, 0.1) is 0 Å². The number of nitrogens with one attached hydrogen (secondary N) is 1. The van der Waals surface area contributed by atoms with Crippen molar-refractivity contribution >= 4 is 17.4 Å². The average Bonchev–Trinajstić information content (AvgIpc) is 2.73. The van der Waals surface area contributed by atoms with Crippen LogP contribution >= 0.6 is 0 Å². The first-order valence-electron chi connectivity index (χ1n) is 9.38. The van der Waals surface area contributed by atoms with E-state index in [9.17, 15) is 4.79 Å². The molecule has 2 aromatic carbocycles. The van der Waals surface area contributed by atoms with Gasteiger partial charge < -0.3 is 10.2 Å². The number of nitrogens with zero attached hydrogens (tertiary/aromatic N) is 2. The lowest BCUT2D eigenvalue weighted by Gasteiger charge is -2.23. The SMILES string of the molecule is CCCCNc1cc(C(=O)N(Cc2ccccc2)c2ccccc2)ccn1. The van der Waals surface area contributed by atoms with Crippen molar-refractivity contribution in [1.82, 2.24) is 4.98 Å². The maximum absolute atomic E-state index is 13.3. The third-order valence-electron chi connectivity index (χ3n) is 4.34. The molecule has 1 aromatic heterocycles. The minimum atomic E-state index is -0.0361. The second kappa shape index (κ2) is 9.53. The Kier molecular flexibility index (Phi) is 6.58. The van der Waals surface area contributed by atoms with Gasteiger partial charge in [0, 0.05) is 24.0 Å². The number of pyridine rings is 1. The second-order valence-corrected chi connectivity index (χ2v) is 6.42. The number of para-hydroxylation sites is 1. The van der Waals surface area contributed by atoms with Gasteiger partial charge in [0.2, 0.25) is 0 Å². The summed E-state index contributed by atoms with van der Waals surface area (Å²) >= 11 is 0. The predicted octanol–water partition coefficient (Wildman–Crippen LogP) is 5.14. The molecule has 0 bridgehead atoms. The molecule has 138 valence electrons. The normalized spacial score (nSPS) is 10.4. The zero-order chi connectivity index (χ0) is 18.9. The highest BCUT2D eigenvalue weighted by Crippen LogP contribution is 2.21. The lowest BCUT2D eigenvalue weighted by Crippen LogP contribution is -2.30. The maximum atomic E-state index is 13.3. The Morgan fingerprint density at radius 1 is 1.00 bits per heavy atom. The molecule has 3 aromatic rings. The highest BCUT2D eigenvalue weighted by atomic mass is 16.2. The lowest BCUT2D eigenvalue weighted by atomic mass is 10.1. The number of anilines is 2. The first-order valence-corrected chi connectivity index (χ1v) is 9.38. The van der Waals surface area contributed by atoms with Gasteiger partial charge in [0.15, 0.2) is 0 Å². The summed E-state index contributed by atoms with van der Waals surface area (Å²) in [6.45, 7) is 3.52. The summed E-state index contributed by atoms with van der Waals surface area (Å²) in [4.78, 5) is 19.4. The van der Waals surface area contributed by atoms with E-state index >= 15 is 0 Å². The summed E-state index contributed by atoms with van der Waals surface area (Å²) in [5, 5.41) is 3.29. The van der Waals surface area contributed by atoms with Gasteiger partial charge in [-0.25, -0.2) is 4.98 Å². The third kappa shape index (κ3) is 5.17. The fraction of sp³-hybridized carbons (Fsp3) is 0.217. The molecule has 1 amide bonds. The molecule has 4 heteroatoms. The number of benzene rings is 2. The first-order chi connectivity index (χ1) is 13.3. The average molecular weight is 359 g/mol. The van der Waals surface area contributed by atoms with E-state index in [4.69, 9.17) is 0 Å². The predicted molar refractivity (Wildman–Crippen MR) is 111 cm³/mol. The summed E-state index contributed by atoms with van der Waals surface area (Å²) in [5.74, 6) is 0.702. The number of rotatable bonds is 8. The molecule has 0 aliphatic carbocycles. The maximum Gasteiger partial charge on any atom is 0.258 e. The Balaban J connectivity index is 1.85. The number of aromatic nitrogens is 1. The van der Waals surface area contributed by atoms with E-state index in [2.05, 4.69) is 17.2 Å². The van der Waals surface area contributed by atoms with Gasteiger partial charge in [-0.15, -0.1) is 0 Å². The zero-order valence-corrected chi connectivity index (χ0v) is 15.6. The summed E-state index contributed by atoms with van der Waals surface area (Å²) in [6, 6.07) is 23.4. The van der Waals surface area contributed by atoms with Gasteiger partial charge in [-0.05, 0) is 36.2 Å². The minimum Gasteiger partial charge on any atom is -0.370 e. The van der Waals surface area contributed by atoms with Gasteiger partial charge in [0.05, 0.1) is 6.54 Å². The summed E-state index contributed by atoms with van der Waals surface area (Å²) in [7, 11) is 0. The zero-order valence-electron chi connectivity index (χ0n) is 15.6. The molecule has 1 heterocycles.